The molecule has 0 aliphatic rings. The first kappa shape index (κ1) is 30.4. The molecule has 0 bridgehead atoms. The molecule has 3 aromatic rings. The second kappa shape index (κ2) is 14.2. The smallest absolute Gasteiger partial charge is 0.166 e. The molecule has 200 valence electrons. The highest BCUT2D eigenvalue weighted by Crippen LogP contribution is 2.33. The number of hydrogen-bond acceptors (Lipinski definition) is 5. The number of ether oxygens (including phenoxy) is 2. The third-order valence-corrected chi connectivity index (χ3v) is 5.60. The molecule has 0 radical (unpaired) electrons. The molecule has 6 heteroatoms. The van der Waals surface area contributed by atoms with Crippen molar-refractivity contribution in [3.8, 4) is 11.5 Å². The molecule has 1 atom stereocenters. The second-order valence-corrected chi connectivity index (χ2v) is 10.6. The Hall–Kier alpha value is -2.86. The van der Waals surface area contributed by atoms with Gasteiger partial charge in [0, 0.05) is 24.6 Å². The minimum absolute atomic E-state index is 0. The van der Waals surface area contributed by atoms with Crippen LogP contribution in [0.4, 0.5) is 0 Å². The molecule has 0 spiro atoms. The molecule has 0 saturated carbocycles. The number of aliphatic hydroxyl groups is 1. The third kappa shape index (κ3) is 9.84. The van der Waals surface area contributed by atoms with E-state index in [4.69, 9.17) is 9.47 Å². The Kier molecular flexibility index (Phi) is 11.6. The molecule has 37 heavy (non-hydrogen) atoms. The Morgan fingerprint density at radius 1 is 0.919 bits per heavy atom. The predicted molar refractivity (Wildman–Crippen MR) is 152 cm³/mol. The molecule has 0 aliphatic heterocycles. The number of nitrogens with one attached hydrogen (secondary N) is 1. The van der Waals surface area contributed by atoms with E-state index in [0.29, 0.717) is 30.0 Å². The first-order valence-corrected chi connectivity index (χ1v) is 12.6. The van der Waals surface area contributed by atoms with Crippen LogP contribution >= 0.6 is 12.4 Å². The Balaban J connectivity index is 0.00000481. The number of aliphatic hydroxyl groups excluding tert-OH is 1. The number of halogens is 1. The van der Waals surface area contributed by atoms with Crippen molar-refractivity contribution in [2.24, 2.45) is 5.92 Å². The van der Waals surface area contributed by atoms with Gasteiger partial charge in [0.1, 0.15) is 30.3 Å². The van der Waals surface area contributed by atoms with Crippen LogP contribution in [0.1, 0.15) is 68.6 Å². The zero-order valence-corrected chi connectivity index (χ0v) is 23.3. The summed E-state index contributed by atoms with van der Waals surface area (Å²) in [6.07, 6.45) is -0.622. The van der Waals surface area contributed by atoms with Crippen LogP contribution in [-0.4, -0.2) is 35.7 Å². The molecule has 1 unspecified atom stereocenters. The molecule has 3 rings (SSSR count). The van der Waals surface area contributed by atoms with E-state index in [2.05, 4.69) is 5.32 Å². The molecule has 0 amide bonds. The van der Waals surface area contributed by atoms with Gasteiger partial charge in [0.25, 0.3) is 0 Å². The molecular formula is C31H40ClNO4. The number of rotatable bonds is 12. The largest absolute Gasteiger partial charge is 0.490 e. The quantitative estimate of drug-likeness (QED) is 0.260. The molecular weight excluding hydrogens is 486 g/mol. The maximum Gasteiger partial charge on any atom is 0.166 e. The van der Waals surface area contributed by atoms with Crippen LogP contribution in [0.25, 0.3) is 0 Å². The summed E-state index contributed by atoms with van der Waals surface area (Å²) in [6, 6.07) is 25.4. The van der Waals surface area contributed by atoms with Crippen LogP contribution in [-0.2, 0) is 0 Å². The average Bonchev–Trinajstić information content (AvgIpc) is 2.85. The van der Waals surface area contributed by atoms with Crippen molar-refractivity contribution < 1.29 is 19.4 Å². The molecule has 2 N–H and O–H groups in total. The van der Waals surface area contributed by atoms with E-state index in [0.717, 1.165) is 11.1 Å². The molecule has 0 heterocycles. The molecule has 5 nitrogen and oxygen atoms in total. The highest BCUT2D eigenvalue weighted by atomic mass is 35.5. The maximum atomic E-state index is 13.0. The predicted octanol–water partition coefficient (Wildman–Crippen LogP) is 6.63. The standard InChI is InChI=1S/C31H39NO4.ClH/c1-22(2)18-28(34)27-17-16-26(19-29(27)35-21-25(33)20-32-31(3,4)5)36-30(23-12-8-6-9-13-23)24-14-10-7-11-15-24;/h6-17,19,22,25,30,32-33H,18,20-21H2,1-5H3;1H. The lowest BCUT2D eigenvalue weighted by atomic mass is 10.00. The number of β-amino-alcohol motifs (C(OH)–C–C–N with tert-alkyl or cyclic N) is 1. The minimum Gasteiger partial charge on any atom is -0.490 e. The fourth-order valence-electron chi connectivity index (χ4n) is 3.80. The summed E-state index contributed by atoms with van der Waals surface area (Å²) in [5.41, 5.74) is 2.43. The summed E-state index contributed by atoms with van der Waals surface area (Å²) in [4.78, 5) is 13.0. The SMILES string of the molecule is CC(C)CC(=O)c1ccc(OC(c2ccccc2)c2ccccc2)cc1OCC(O)CNC(C)(C)C.Cl. The lowest BCUT2D eigenvalue weighted by Crippen LogP contribution is -2.42. The van der Waals surface area contributed by atoms with Crippen molar-refractivity contribution in [3.05, 3.63) is 95.6 Å². The number of carbonyl (C=O) groups excluding carboxylic acids is 1. The summed E-state index contributed by atoms with van der Waals surface area (Å²) in [6.45, 7) is 10.6. The molecule has 0 aliphatic carbocycles. The van der Waals surface area contributed by atoms with E-state index in [9.17, 15) is 9.90 Å². The van der Waals surface area contributed by atoms with E-state index in [1.807, 2.05) is 101 Å². The summed E-state index contributed by atoms with van der Waals surface area (Å²) in [5, 5.41) is 13.7. The fourth-order valence-corrected chi connectivity index (χ4v) is 3.80. The minimum atomic E-state index is -0.719. The Bertz CT molecular complexity index is 1060. The van der Waals surface area contributed by atoms with Crippen molar-refractivity contribution in [3.63, 3.8) is 0 Å². The normalized spacial score (nSPS) is 12.2. The van der Waals surface area contributed by atoms with Crippen LogP contribution in [0.5, 0.6) is 11.5 Å². The third-order valence-electron chi connectivity index (χ3n) is 5.60. The van der Waals surface area contributed by atoms with Gasteiger partial charge >= 0.3 is 0 Å². The number of ketones is 1. The van der Waals surface area contributed by atoms with Gasteiger partial charge in [-0.15, -0.1) is 12.4 Å². The Morgan fingerprint density at radius 3 is 2.00 bits per heavy atom. The maximum absolute atomic E-state index is 13.0. The lowest BCUT2D eigenvalue weighted by molar-refractivity contribution is 0.0922. The van der Waals surface area contributed by atoms with E-state index in [1.54, 1.807) is 12.1 Å². The van der Waals surface area contributed by atoms with E-state index in [1.165, 1.54) is 0 Å². The lowest BCUT2D eigenvalue weighted by Gasteiger charge is -2.24. The van der Waals surface area contributed by atoms with E-state index >= 15 is 0 Å². The van der Waals surface area contributed by atoms with Crippen LogP contribution < -0.4 is 14.8 Å². The number of hydrogen-bond donors (Lipinski definition) is 2. The zero-order valence-electron chi connectivity index (χ0n) is 22.4. The van der Waals surface area contributed by atoms with Gasteiger partial charge in [0.2, 0.25) is 0 Å². The summed E-state index contributed by atoms with van der Waals surface area (Å²) >= 11 is 0. The van der Waals surface area contributed by atoms with Gasteiger partial charge in [0.05, 0.1) is 5.56 Å². The molecule has 0 saturated heterocycles. The van der Waals surface area contributed by atoms with Crippen LogP contribution in [0, 0.1) is 5.92 Å². The van der Waals surface area contributed by atoms with Gasteiger partial charge in [-0.05, 0) is 49.9 Å². The van der Waals surface area contributed by atoms with Crippen LogP contribution in [0.2, 0.25) is 0 Å². The molecule has 0 aromatic heterocycles. The fraction of sp³-hybridized carbons (Fsp3) is 0.387. The van der Waals surface area contributed by atoms with Crippen molar-refractivity contribution >= 4 is 18.2 Å². The number of benzene rings is 3. The van der Waals surface area contributed by atoms with E-state index in [-0.39, 0.29) is 42.4 Å². The highest BCUT2D eigenvalue weighted by molar-refractivity contribution is 5.99. The van der Waals surface area contributed by atoms with Crippen molar-refractivity contribution in [2.45, 2.75) is 58.8 Å². The first-order valence-electron chi connectivity index (χ1n) is 12.6. The summed E-state index contributed by atoms with van der Waals surface area (Å²) < 4.78 is 12.5. The van der Waals surface area contributed by atoms with Crippen molar-refractivity contribution in [2.75, 3.05) is 13.2 Å². The van der Waals surface area contributed by atoms with Gasteiger partial charge in [-0.25, -0.2) is 0 Å². The van der Waals surface area contributed by atoms with Gasteiger partial charge in [0.15, 0.2) is 5.78 Å². The zero-order chi connectivity index (χ0) is 26.1. The first-order chi connectivity index (χ1) is 17.1. The van der Waals surface area contributed by atoms with Crippen LogP contribution in [0.15, 0.2) is 78.9 Å². The number of Topliss-reactive ketones (excluding diaryl/α,β-unsaturated/α-hetero) is 1. The number of carbonyl (C=O) groups is 1. The van der Waals surface area contributed by atoms with Gasteiger partial charge < -0.3 is 19.9 Å². The Labute approximate surface area is 227 Å². The highest BCUT2D eigenvalue weighted by Gasteiger charge is 2.20. The molecule has 0 fully saturated rings. The van der Waals surface area contributed by atoms with Gasteiger partial charge in [-0.1, -0.05) is 74.5 Å². The van der Waals surface area contributed by atoms with Crippen molar-refractivity contribution in [1.29, 1.82) is 0 Å². The topological polar surface area (TPSA) is 67.8 Å². The molecule has 3 aromatic carbocycles. The van der Waals surface area contributed by atoms with Gasteiger partial charge in [-0.3, -0.25) is 4.79 Å². The van der Waals surface area contributed by atoms with Crippen molar-refractivity contribution in [1.82, 2.24) is 5.32 Å². The average molecular weight is 526 g/mol. The van der Waals surface area contributed by atoms with Crippen LogP contribution in [0.3, 0.4) is 0 Å². The van der Waals surface area contributed by atoms with Gasteiger partial charge in [-0.2, -0.15) is 0 Å². The Morgan fingerprint density at radius 2 is 1.49 bits per heavy atom. The second-order valence-electron chi connectivity index (χ2n) is 10.6. The monoisotopic (exact) mass is 525 g/mol. The van der Waals surface area contributed by atoms with E-state index < -0.39 is 6.10 Å². The summed E-state index contributed by atoms with van der Waals surface area (Å²) in [5.74, 6) is 1.25. The summed E-state index contributed by atoms with van der Waals surface area (Å²) in [7, 11) is 0.